The van der Waals surface area contributed by atoms with Crippen LogP contribution in [0.5, 0.6) is 11.5 Å². The van der Waals surface area contributed by atoms with Crippen LogP contribution in [-0.2, 0) is 5.41 Å². The maximum Gasteiger partial charge on any atom is 0.166 e. The van der Waals surface area contributed by atoms with Gasteiger partial charge in [-0.2, -0.15) is 0 Å². The summed E-state index contributed by atoms with van der Waals surface area (Å²) in [6.45, 7) is 1.46. The summed E-state index contributed by atoms with van der Waals surface area (Å²) in [7, 11) is 1.71. The van der Waals surface area contributed by atoms with E-state index in [0.29, 0.717) is 6.54 Å². The van der Waals surface area contributed by atoms with Gasteiger partial charge in [-0.15, -0.1) is 0 Å². The molecule has 1 aromatic carbocycles. The molecule has 2 fully saturated rings. The molecular formula is C17H24BrNO2. The zero-order chi connectivity index (χ0) is 14.9. The van der Waals surface area contributed by atoms with Gasteiger partial charge in [-0.25, -0.2) is 0 Å². The van der Waals surface area contributed by atoms with Gasteiger partial charge in [0.1, 0.15) is 0 Å². The molecule has 2 saturated carbocycles. The van der Waals surface area contributed by atoms with Crippen LogP contribution in [0.2, 0.25) is 0 Å². The molecule has 3 rings (SSSR count). The lowest BCUT2D eigenvalue weighted by atomic mass is 9.78. The van der Waals surface area contributed by atoms with Crippen LogP contribution in [0.15, 0.2) is 16.6 Å². The summed E-state index contributed by atoms with van der Waals surface area (Å²) in [5, 5.41) is 0. The Kier molecular flexibility index (Phi) is 4.46. The Morgan fingerprint density at radius 3 is 2.57 bits per heavy atom. The molecule has 4 heteroatoms. The van der Waals surface area contributed by atoms with Crippen molar-refractivity contribution >= 4 is 15.9 Å². The van der Waals surface area contributed by atoms with E-state index in [1.54, 1.807) is 7.11 Å². The Bertz CT molecular complexity index is 508. The minimum absolute atomic E-state index is 0.0340. The standard InChI is InChI=1S/C17H24BrNO2/c1-20-14-7-6-13(18)15(16(14)21-10-12-4-5-12)17(11-19)8-2-3-9-17/h6-7,12H,2-5,8-11,19H2,1H3. The topological polar surface area (TPSA) is 44.5 Å². The van der Waals surface area contributed by atoms with Crippen LogP contribution in [0, 0.1) is 5.92 Å². The van der Waals surface area contributed by atoms with E-state index in [2.05, 4.69) is 22.0 Å². The van der Waals surface area contributed by atoms with Gasteiger partial charge in [-0.05, 0) is 43.7 Å². The number of rotatable bonds is 6. The molecule has 2 aliphatic carbocycles. The Morgan fingerprint density at radius 1 is 1.29 bits per heavy atom. The second kappa shape index (κ2) is 6.17. The highest BCUT2D eigenvalue weighted by Gasteiger charge is 2.39. The van der Waals surface area contributed by atoms with E-state index in [1.807, 2.05) is 6.07 Å². The lowest BCUT2D eigenvalue weighted by molar-refractivity contribution is 0.268. The number of methoxy groups -OCH3 is 1. The van der Waals surface area contributed by atoms with Gasteiger partial charge >= 0.3 is 0 Å². The van der Waals surface area contributed by atoms with E-state index >= 15 is 0 Å². The van der Waals surface area contributed by atoms with Gasteiger partial charge < -0.3 is 15.2 Å². The van der Waals surface area contributed by atoms with Gasteiger partial charge in [0.25, 0.3) is 0 Å². The zero-order valence-corrected chi connectivity index (χ0v) is 14.2. The molecule has 0 amide bonds. The van der Waals surface area contributed by atoms with Crippen molar-refractivity contribution in [3.05, 3.63) is 22.2 Å². The molecule has 21 heavy (non-hydrogen) atoms. The van der Waals surface area contributed by atoms with E-state index in [1.165, 1.54) is 31.2 Å². The normalized spacial score (nSPS) is 20.5. The summed E-state index contributed by atoms with van der Waals surface area (Å²) < 4.78 is 12.8. The van der Waals surface area contributed by atoms with Crippen molar-refractivity contribution < 1.29 is 9.47 Å². The van der Waals surface area contributed by atoms with Crippen molar-refractivity contribution in [3.8, 4) is 11.5 Å². The highest BCUT2D eigenvalue weighted by Crippen LogP contribution is 2.50. The van der Waals surface area contributed by atoms with Crippen LogP contribution >= 0.6 is 15.9 Å². The summed E-state index contributed by atoms with van der Waals surface area (Å²) >= 11 is 3.73. The Balaban J connectivity index is 2.02. The fraction of sp³-hybridized carbons (Fsp3) is 0.647. The molecule has 0 aromatic heterocycles. The van der Waals surface area contributed by atoms with Gasteiger partial charge in [0.2, 0.25) is 0 Å². The van der Waals surface area contributed by atoms with Crippen LogP contribution in [-0.4, -0.2) is 20.3 Å². The third kappa shape index (κ3) is 2.93. The van der Waals surface area contributed by atoms with Crippen molar-refractivity contribution in [1.82, 2.24) is 0 Å². The number of hydrogen-bond donors (Lipinski definition) is 1. The number of nitrogens with two attached hydrogens (primary N) is 1. The average molecular weight is 354 g/mol. The fourth-order valence-electron chi connectivity index (χ4n) is 3.43. The van der Waals surface area contributed by atoms with Crippen molar-refractivity contribution in [2.24, 2.45) is 11.7 Å². The summed E-state index contributed by atoms with van der Waals surface area (Å²) in [5.41, 5.74) is 7.44. The molecule has 0 spiro atoms. The van der Waals surface area contributed by atoms with Crippen molar-refractivity contribution in [1.29, 1.82) is 0 Å². The summed E-state index contributed by atoms with van der Waals surface area (Å²) in [5.74, 6) is 2.46. The van der Waals surface area contributed by atoms with E-state index < -0.39 is 0 Å². The predicted octanol–water partition coefficient (Wildman–Crippen LogP) is 4.02. The van der Waals surface area contributed by atoms with Crippen molar-refractivity contribution in [3.63, 3.8) is 0 Å². The number of benzene rings is 1. The highest BCUT2D eigenvalue weighted by molar-refractivity contribution is 9.10. The smallest absolute Gasteiger partial charge is 0.166 e. The molecule has 0 heterocycles. The SMILES string of the molecule is COc1ccc(Br)c(C2(CN)CCCC2)c1OCC1CC1. The molecule has 1 aromatic rings. The molecule has 0 aliphatic heterocycles. The molecule has 116 valence electrons. The minimum atomic E-state index is 0.0340. The third-order valence-corrected chi connectivity index (χ3v) is 5.59. The molecule has 0 atom stereocenters. The third-order valence-electron chi connectivity index (χ3n) is 4.93. The summed E-state index contributed by atoms with van der Waals surface area (Å²) in [6.07, 6.45) is 7.32. The highest BCUT2D eigenvalue weighted by atomic mass is 79.9. The van der Waals surface area contributed by atoms with Crippen molar-refractivity contribution in [2.75, 3.05) is 20.3 Å². The van der Waals surface area contributed by atoms with Crippen LogP contribution < -0.4 is 15.2 Å². The number of hydrogen-bond acceptors (Lipinski definition) is 3. The Labute approximate surface area is 135 Å². The quantitative estimate of drug-likeness (QED) is 0.839. The number of ether oxygens (including phenoxy) is 2. The van der Waals surface area contributed by atoms with Gasteiger partial charge in [0.05, 0.1) is 13.7 Å². The van der Waals surface area contributed by atoms with Crippen molar-refractivity contribution in [2.45, 2.75) is 43.9 Å². The predicted molar refractivity (Wildman–Crippen MR) is 88.1 cm³/mol. The molecular weight excluding hydrogens is 330 g/mol. The summed E-state index contributed by atoms with van der Waals surface area (Å²) in [4.78, 5) is 0. The van der Waals surface area contributed by atoms with E-state index in [9.17, 15) is 0 Å². The molecule has 2 aliphatic rings. The molecule has 0 bridgehead atoms. The van der Waals surface area contributed by atoms with Gasteiger partial charge in [0, 0.05) is 22.0 Å². The molecule has 0 saturated heterocycles. The monoisotopic (exact) mass is 353 g/mol. The molecule has 3 nitrogen and oxygen atoms in total. The fourth-order valence-corrected chi connectivity index (χ4v) is 4.16. The first-order chi connectivity index (χ1) is 10.2. The van der Waals surface area contributed by atoms with E-state index in [0.717, 1.165) is 41.3 Å². The van der Waals surface area contributed by atoms with Gasteiger partial charge in [-0.1, -0.05) is 28.8 Å². The van der Waals surface area contributed by atoms with Crippen LogP contribution in [0.4, 0.5) is 0 Å². The van der Waals surface area contributed by atoms with Crippen LogP contribution in [0.1, 0.15) is 44.1 Å². The maximum atomic E-state index is 6.19. The second-order valence-corrected chi connectivity index (χ2v) is 7.25. The number of halogens is 1. The first kappa shape index (κ1) is 15.2. The second-order valence-electron chi connectivity index (χ2n) is 6.40. The summed E-state index contributed by atoms with van der Waals surface area (Å²) in [6, 6.07) is 4.04. The first-order valence-electron chi connectivity index (χ1n) is 7.90. The lowest BCUT2D eigenvalue weighted by Crippen LogP contribution is -2.33. The molecule has 0 unspecified atom stereocenters. The maximum absolute atomic E-state index is 6.19. The van der Waals surface area contributed by atoms with E-state index in [-0.39, 0.29) is 5.41 Å². The van der Waals surface area contributed by atoms with Crippen LogP contribution in [0.3, 0.4) is 0 Å². The zero-order valence-electron chi connectivity index (χ0n) is 12.7. The lowest BCUT2D eigenvalue weighted by Gasteiger charge is -2.31. The van der Waals surface area contributed by atoms with Gasteiger partial charge in [-0.3, -0.25) is 0 Å². The Morgan fingerprint density at radius 2 is 2.00 bits per heavy atom. The van der Waals surface area contributed by atoms with E-state index in [4.69, 9.17) is 15.2 Å². The van der Waals surface area contributed by atoms with Crippen LogP contribution in [0.25, 0.3) is 0 Å². The van der Waals surface area contributed by atoms with Gasteiger partial charge in [0.15, 0.2) is 11.5 Å². The minimum Gasteiger partial charge on any atom is -0.493 e. The average Bonchev–Trinajstić information content (AvgIpc) is 3.21. The Hall–Kier alpha value is -0.740. The first-order valence-corrected chi connectivity index (χ1v) is 8.69. The molecule has 0 radical (unpaired) electrons. The largest absolute Gasteiger partial charge is 0.493 e. The molecule has 2 N–H and O–H groups in total.